The SMILES string of the molecule is c1ccc(-c2cccc(-c3cc(-c4ccc(-c5ccc(-c6cccnc6)c6ccccc56)cc4)nc(-c4ccccc4)n3)c2)cc1. The lowest BCUT2D eigenvalue weighted by Gasteiger charge is -2.13. The van der Waals surface area contributed by atoms with Gasteiger partial charge in [0.2, 0.25) is 0 Å². The maximum atomic E-state index is 5.06. The number of nitrogens with zero attached hydrogens (tertiary/aromatic N) is 3. The van der Waals surface area contributed by atoms with Gasteiger partial charge in [0.15, 0.2) is 5.82 Å². The first-order valence-electron chi connectivity index (χ1n) is 15.4. The zero-order valence-corrected chi connectivity index (χ0v) is 25.1. The molecule has 3 nitrogen and oxygen atoms in total. The molecule has 0 saturated carbocycles. The quantitative estimate of drug-likeness (QED) is 0.194. The van der Waals surface area contributed by atoms with Gasteiger partial charge < -0.3 is 0 Å². The minimum Gasteiger partial charge on any atom is -0.264 e. The third-order valence-corrected chi connectivity index (χ3v) is 8.41. The van der Waals surface area contributed by atoms with Crippen LogP contribution in [0.5, 0.6) is 0 Å². The summed E-state index contributed by atoms with van der Waals surface area (Å²) in [4.78, 5) is 14.5. The summed E-state index contributed by atoms with van der Waals surface area (Å²) in [7, 11) is 0. The van der Waals surface area contributed by atoms with E-state index in [4.69, 9.17) is 9.97 Å². The number of aromatic nitrogens is 3. The maximum absolute atomic E-state index is 5.06. The van der Waals surface area contributed by atoms with Gasteiger partial charge in [-0.15, -0.1) is 0 Å². The smallest absolute Gasteiger partial charge is 0.160 e. The number of rotatable bonds is 6. The highest BCUT2D eigenvalue weighted by Crippen LogP contribution is 2.37. The van der Waals surface area contributed by atoms with Gasteiger partial charge in [0.1, 0.15) is 0 Å². The molecule has 3 heteroatoms. The van der Waals surface area contributed by atoms with Crippen LogP contribution in [0.2, 0.25) is 0 Å². The van der Waals surface area contributed by atoms with Gasteiger partial charge in [-0.1, -0.05) is 146 Å². The molecule has 0 saturated heterocycles. The van der Waals surface area contributed by atoms with Gasteiger partial charge in [-0.05, 0) is 56.8 Å². The summed E-state index contributed by atoms with van der Waals surface area (Å²) in [6, 6.07) is 57.2. The Morgan fingerprint density at radius 3 is 1.54 bits per heavy atom. The van der Waals surface area contributed by atoms with Crippen LogP contribution >= 0.6 is 0 Å². The molecule has 8 aromatic rings. The summed E-state index contributed by atoms with van der Waals surface area (Å²) >= 11 is 0. The van der Waals surface area contributed by atoms with E-state index in [-0.39, 0.29) is 0 Å². The summed E-state index contributed by atoms with van der Waals surface area (Å²) in [5, 5.41) is 2.42. The number of pyridine rings is 1. The monoisotopic (exact) mass is 587 g/mol. The zero-order chi connectivity index (χ0) is 30.7. The Kier molecular flexibility index (Phi) is 7.18. The Morgan fingerprint density at radius 2 is 0.870 bits per heavy atom. The van der Waals surface area contributed by atoms with Crippen molar-refractivity contribution in [2.24, 2.45) is 0 Å². The van der Waals surface area contributed by atoms with E-state index in [1.54, 1.807) is 0 Å². The third-order valence-electron chi connectivity index (χ3n) is 8.41. The van der Waals surface area contributed by atoms with Crippen LogP contribution in [0.4, 0.5) is 0 Å². The molecule has 8 rings (SSSR count). The van der Waals surface area contributed by atoms with Gasteiger partial charge in [-0.3, -0.25) is 4.98 Å². The van der Waals surface area contributed by atoms with Crippen molar-refractivity contribution in [2.75, 3.05) is 0 Å². The van der Waals surface area contributed by atoms with E-state index in [1.807, 2.05) is 42.7 Å². The molecule has 0 atom stereocenters. The van der Waals surface area contributed by atoms with Gasteiger partial charge >= 0.3 is 0 Å². The Hall–Kier alpha value is -6.19. The van der Waals surface area contributed by atoms with Crippen molar-refractivity contribution in [3.05, 3.63) is 176 Å². The first-order valence-corrected chi connectivity index (χ1v) is 15.4. The summed E-state index contributed by atoms with van der Waals surface area (Å²) in [6.45, 7) is 0. The fourth-order valence-electron chi connectivity index (χ4n) is 6.09. The number of hydrogen-bond acceptors (Lipinski definition) is 3. The van der Waals surface area contributed by atoms with E-state index in [2.05, 4.69) is 138 Å². The Morgan fingerprint density at radius 1 is 0.326 bits per heavy atom. The lowest BCUT2D eigenvalue weighted by Crippen LogP contribution is -1.96. The predicted molar refractivity (Wildman–Crippen MR) is 190 cm³/mol. The molecule has 0 aliphatic heterocycles. The standard InChI is InChI=1S/C43H29N3/c1-3-11-30(12-4-1)34-15-9-16-35(27-34)42-28-41(45-43(46-42)33-13-5-2-6-14-33)32-22-20-31(21-23-32)37-24-25-38(36-17-10-26-44-29-36)40-19-8-7-18-39(37)40/h1-29H. The van der Waals surface area contributed by atoms with Crippen LogP contribution in [0, 0.1) is 0 Å². The lowest BCUT2D eigenvalue weighted by atomic mass is 9.92. The van der Waals surface area contributed by atoms with Gasteiger partial charge in [-0.2, -0.15) is 0 Å². The van der Waals surface area contributed by atoms with Crippen LogP contribution in [-0.2, 0) is 0 Å². The third kappa shape index (κ3) is 5.36. The second kappa shape index (κ2) is 12.1. The van der Waals surface area contributed by atoms with E-state index >= 15 is 0 Å². The molecule has 216 valence electrons. The van der Waals surface area contributed by atoms with Crippen LogP contribution in [0.3, 0.4) is 0 Å². The minimum absolute atomic E-state index is 0.708. The Balaban J connectivity index is 1.21. The highest BCUT2D eigenvalue weighted by Gasteiger charge is 2.13. The average molecular weight is 588 g/mol. The first kappa shape index (κ1) is 27.4. The van der Waals surface area contributed by atoms with Crippen molar-refractivity contribution in [3.8, 4) is 67.3 Å². The average Bonchev–Trinajstić information content (AvgIpc) is 3.15. The van der Waals surface area contributed by atoms with Crippen LogP contribution in [0.15, 0.2) is 176 Å². The molecule has 0 spiro atoms. The number of hydrogen-bond donors (Lipinski definition) is 0. The molecule has 0 N–H and O–H groups in total. The van der Waals surface area contributed by atoms with E-state index < -0.39 is 0 Å². The van der Waals surface area contributed by atoms with E-state index in [0.717, 1.165) is 44.8 Å². The summed E-state index contributed by atoms with van der Waals surface area (Å²) in [6.07, 6.45) is 3.74. The van der Waals surface area contributed by atoms with Gasteiger partial charge in [-0.25, -0.2) is 9.97 Å². The second-order valence-electron chi connectivity index (χ2n) is 11.3. The summed E-state index contributed by atoms with van der Waals surface area (Å²) in [5.74, 6) is 0.708. The molecule has 0 radical (unpaired) electrons. The molecule has 46 heavy (non-hydrogen) atoms. The Bertz CT molecular complexity index is 2280. The first-order chi connectivity index (χ1) is 22.8. The van der Waals surface area contributed by atoms with Gasteiger partial charge in [0.25, 0.3) is 0 Å². The predicted octanol–water partition coefficient (Wildman–Crippen LogP) is 11.0. The van der Waals surface area contributed by atoms with Gasteiger partial charge in [0.05, 0.1) is 11.4 Å². The van der Waals surface area contributed by atoms with Crippen molar-refractivity contribution in [3.63, 3.8) is 0 Å². The molecule has 2 heterocycles. The molecular weight excluding hydrogens is 558 g/mol. The molecule has 0 unspecified atom stereocenters. The highest BCUT2D eigenvalue weighted by molar-refractivity contribution is 6.05. The molecule has 6 aromatic carbocycles. The molecule has 0 fully saturated rings. The number of fused-ring (bicyclic) bond motifs is 1. The van der Waals surface area contributed by atoms with Crippen LogP contribution in [-0.4, -0.2) is 15.0 Å². The highest BCUT2D eigenvalue weighted by atomic mass is 14.9. The largest absolute Gasteiger partial charge is 0.264 e. The van der Waals surface area contributed by atoms with Gasteiger partial charge in [0, 0.05) is 34.6 Å². The molecular formula is C43H29N3. The molecule has 0 aliphatic carbocycles. The zero-order valence-electron chi connectivity index (χ0n) is 25.1. The van der Waals surface area contributed by atoms with Crippen LogP contribution in [0.25, 0.3) is 78.1 Å². The van der Waals surface area contributed by atoms with Crippen molar-refractivity contribution in [1.29, 1.82) is 0 Å². The molecule has 0 aliphatic rings. The normalized spacial score (nSPS) is 11.0. The molecule has 0 bridgehead atoms. The van der Waals surface area contributed by atoms with Crippen molar-refractivity contribution in [1.82, 2.24) is 15.0 Å². The van der Waals surface area contributed by atoms with Crippen molar-refractivity contribution < 1.29 is 0 Å². The van der Waals surface area contributed by atoms with Crippen molar-refractivity contribution >= 4 is 10.8 Å². The van der Waals surface area contributed by atoms with Crippen LogP contribution in [0.1, 0.15) is 0 Å². The van der Waals surface area contributed by atoms with Crippen molar-refractivity contribution in [2.45, 2.75) is 0 Å². The minimum atomic E-state index is 0.708. The number of benzene rings is 6. The topological polar surface area (TPSA) is 38.7 Å². The fraction of sp³-hybridized carbons (Fsp3) is 0. The Labute approximate surface area is 268 Å². The van der Waals surface area contributed by atoms with E-state index in [0.29, 0.717) is 5.82 Å². The van der Waals surface area contributed by atoms with E-state index in [1.165, 1.54) is 27.5 Å². The van der Waals surface area contributed by atoms with E-state index in [9.17, 15) is 0 Å². The lowest BCUT2D eigenvalue weighted by molar-refractivity contribution is 1.18. The maximum Gasteiger partial charge on any atom is 0.160 e. The summed E-state index contributed by atoms with van der Waals surface area (Å²) in [5.41, 5.74) is 11.8. The molecule has 2 aromatic heterocycles. The fourth-order valence-corrected chi connectivity index (χ4v) is 6.09. The molecule has 0 amide bonds. The van der Waals surface area contributed by atoms with Crippen LogP contribution < -0.4 is 0 Å². The summed E-state index contributed by atoms with van der Waals surface area (Å²) < 4.78 is 0. The second-order valence-corrected chi connectivity index (χ2v) is 11.3.